The lowest BCUT2D eigenvalue weighted by atomic mass is 10.1. The fourth-order valence-electron chi connectivity index (χ4n) is 1.70. The highest BCUT2D eigenvalue weighted by Gasteiger charge is 2.12. The SMILES string of the molecule is CC(C)CCCNC(=O)[C@@H](N)CCCNC(C)C. The van der Waals surface area contributed by atoms with Crippen molar-refractivity contribution in [2.45, 2.75) is 65.5 Å². The molecule has 108 valence electrons. The maximum absolute atomic E-state index is 11.7. The van der Waals surface area contributed by atoms with Crippen LogP contribution >= 0.6 is 0 Å². The van der Waals surface area contributed by atoms with E-state index in [4.69, 9.17) is 5.73 Å². The average Bonchev–Trinajstić information content (AvgIpc) is 2.29. The first-order valence-electron chi connectivity index (χ1n) is 7.20. The van der Waals surface area contributed by atoms with Crippen molar-refractivity contribution < 1.29 is 4.79 Å². The molecule has 4 N–H and O–H groups in total. The zero-order chi connectivity index (χ0) is 14.0. The minimum absolute atomic E-state index is 0.0108. The number of rotatable bonds is 10. The van der Waals surface area contributed by atoms with Gasteiger partial charge in [0.15, 0.2) is 0 Å². The number of hydrogen-bond acceptors (Lipinski definition) is 3. The minimum atomic E-state index is -0.363. The van der Waals surface area contributed by atoms with Crippen LogP contribution in [0.25, 0.3) is 0 Å². The van der Waals surface area contributed by atoms with Crippen LogP contribution in [0.15, 0.2) is 0 Å². The first-order valence-corrected chi connectivity index (χ1v) is 7.20. The average molecular weight is 257 g/mol. The van der Waals surface area contributed by atoms with Crippen molar-refractivity contribution in [2.75, 3.05) is 13.1 Å². The van der Waals surface area contributed by atoms with Crippen LogP contribution in [0.4, 0.5) is 0 Å². The molecule has 0 bridgehead atoms. The van der Waals surface area contributed by atoms with E-state index in [9.17, 15) is 4.79 Å². The zero-order valence-electron chi connectivity index (χ0n) is 12.5. The third-order valence-corrected chi connectivity index (χ3v) is 2.84. The molecule has 0 spiro atoms. The van der Waals surface area contributed by atoms with E-state index in [2.05, 4.69) is 38.3 Å². The fraction of sp³-hybridized carbons (Fsp3) is 0.929. The maximum atomic E-state index is 11.7. The van der Waals surface area contributed by atoms with Crippen LogP contribution < -0.4 is 16.4 Å². The van der Waals surface area contributed by atoms with Crippen molar-refractivity contribution in [3.8, 4) is 0 Å². The van der Waals surface area contributed by atoms with Gasteiger partial charge in [-0.05, 0) is 38.1 Å². The summed E-state index contributed by atoms with van der Waals surface area (Å²) in [4.78, 5) is 11.7. The second-order valence-electron chi connectivity index (χ2n) is 5.68. The normalized spacial score (nSPS) is 13.1. The lowest BCUT2D eigenvalue weighted by Gasteiger charge is -2.13. The van der Waals surface area contributed by atoms with Crippen LogP contribution in [-0.4, -0.2) is 31.1 Å². The number of carbonyl (C=O) groups is 1. The summed E-state index contributed by atoms with van der Waals surface area (Å²) >= 11 is 0. The molecule has 4 heteroatoms. The number of hydrogen-bond donors (Lipinski definition) is 3. The quantitative estimate of drug-likeness (QED) is 0.521. The standard InChI is InChI=1S/C14H31N3O/c1-11(2)7-5-10-17-14(18)13(15)8-6-9-16-12(3)4/h11-13,16H,5-10,15H2,1-4H3,(H,17,18)/t13-/m0/s1. The van der Waals surface area contributed by atoms with Gasteiger partial charge in [0.1, 0.15) is 0 Å². The van der Waals surface area contributed by atoms with Gasteiger partial charge in [0.2, 0.25) is 5.91 Å². The molecule has 0 rings (SSSR count). The summed E-state index contributed by atoms with van der Waals surface area (Å²) in [5, 5.41) is 6.22. The molecule has 4 nitrogen and oxygen atoms in total. The monoisotopic (exact) mass is 257 g/mol. The summed E-state index contributed by atoms with van der Waals surface area (Å²) in [5.74, 6) is 0.681. The van der Waals surface area contributed by atoms with E-state index >= 15 is 0 Å². The molecule has 0 saturated heterocycles. The van der Waals surface area contributed by atoms with Crippen molar-refractivity contribution >= 4 is 5.91 Å². The number of amides is 1. The third-order valence-electron chi connectivity index (χ3n) is 2.84. The number of nitrogens with two attached hydrogens (primary N) is 1. The van der Waals surface area contributed by atoms with Crippen molar-refractivity contribution in [3.05, 3.63) is 0 Å². The first kappa shape index (κ1) is 17.4. The molecule has 0 aliphatic carbocycles. The van der Waals surface area contributed by atoms with Gasteiger partial charge in [-0.15, -0.1) is 0 Å². The second kappa shape index (κ2) is 10.3. The van der Waals surface area contributed by atoms with Gasteiger partial charge in [0.25, 0.3) is 0 Å². The summed E-state index contributed by atoms with van der Waals surface area (Å²) in [7, 11) is 0. The molecule has 0 aliphatic rings. The van der Waals surface area contributed by atoms with Gasteiger partial charge < -0.3 is 16.4 Å². The van der Waals surface area contributed by atoms with E-state index < -0.39 is 0 Å². The predicted molar refractivity (Wildman–Crippen MR) is 77.4 cm³/mol. The highest BCUT2D eigenvalue weighted by atomic mass is 16.2. The molecule has 0 aromatic heterocycles. The Balaban J connectivity index is 3.51. The Morgan fingerprint density at radius 2 is 1.67 bits per heavy atom. The topological polar surface area (TPSA) is 67.2 Å². The van der Waals surface area contributed by atoms with Crippen LogP contribution in [0.3, 0.4) is 0 Å². The Morgan fingerprint density at radius 3 is 2.22 bits per heavy atom. The van der Waals surface area contributed by atoms with Gasteiger partial charge in [0, 0.05) is 12.6 Å². The molecule has 1 atom stereocenters. The summed E-state index contributed by atoms with van der Waals surface area (Å²) in [6, 6.07) is 0.129. The van der Waals surface area contributed by atoms with Gasteiger partial charge in [-0.25, -0.2) is 0 Å². The minimum Gasteiger partial charge on any atom is -0.355 e. The van der Waals surface area contributed by atoms with Crippen molar-refractivity contribution in [1.82, 2.24) is 10.6 Å². The maximum Gasteiger partial charge on any atom is 0.236 e. The van der Waals surface area contributed by atoms with Gasteiger partial charge in [0.05, 0.1) is 6.04 Å². The van der Waals surface area contributed by atoms with Crippen LogP contribution in [-0.2, 0) is 4.79 Å². The van der Waals surface area contributed by atoms with Gasteiger partial charge >= 0.3 is 0 Å². The zero-order valence-corrected chi connectivity index (χ0v) is 12.5. The van der Waals surface area contributed by atoms with Crippen LogP contribution in [0.1, 0.15) is 53.4 Å². The van der Waals surface area contributed by atoms with E-state index in [-0.39, 0.29) is 11.9 Å². The Bertz CT molecular complexity index is 217. The van der Waals surface area contributed by atoms with E-state index in [1.807, 2.05) is 0 Å². The van der Waals surface area contributed by atoms with Crippen LogP contribution in [0.5, 0.6) is 0 Å². The molecule has 1 amide bonds. The highest BCUT2D eigenvalue weighted by molar-refractivity contribution is 5.81. The molecule has 0 saturated carbocycles. The van der Waals surface area contributed by atoms with Gasteiger partial charge in [-0.1, -0.05) is 27.7 Å². The van der Waals surface area contributed by atoms with Gasteiger partial charge in [-0.2, -0.15) is 0 Å². The lowest BCUT2D eigenvalue weighted by molar-refractivity contribution is -0.122. The summed E-state index contributed by atoms with van der Waals surface area (Å²) in [6.07, 6.45) is 3.87. The van der Waals surface area contributed by atoms with E-state index in [0.29, 0.717) is 12.0 Å². The third kappa shape index (κ3) is 10.5. The van der Waals surface area contributed by atoms with E-state index in [1.54, 1.807) is 0 Å². The van der Waals surface area contributed by atoms with Gasteiger partial charge in [-0.3, -0.25) is 4.79 Å². The number of nitrogens with one attached hydrogen (secondary N) is 2. The fourth-order valence-corrected chi connectivity index (χ4v) is 1.70. The van der Waals surface area contributed by atoms with Crippen LogP contribution in [0, 0.1) is 5.92 Å². The lowest BCUT2D eigenvalue weighted by Crippen LogP contribution is -2.41. The molecule has 18 heavy (non-hydrogen) atoms. The Labute approximate surface area is 112 Å². The molecule has 0 aliphatic heterocycles. The summed E-state index contributed by atoms with van der Waals surface area (Å²) in [6.45, 7) is 10.3. The Kier molecular flexibility index (Phi) is 9.98. The highest BCUT2D eigenvalue weighted by Crippen LogP contribution is 2.02. The largest absolute Gasteiger partial charge is 0.355 e. The van der Waals surface area contributed by atoms with E-state index in [1.165, 1.54) is 0 Å². The Morgan fingerprint density at radius 1 is 1.06 bits per heavy atom. The smallest absolute Gasteiger partial charge is 0.236 e. The molecule has 0 aromatic carbocycles. The van der Waals surface area contributed by atoms with Crippen molar-refractivity contribution in [2.24, 2.45) is 11.7 Å². The van der Waals surface area contributed by atoms with E-state index in [0.717, 1.165) is 38.8 Å². The molecular formula is C14H31N3O. The molecule has 0 aromatic rings. The predicted octanol–water partition coefficient (Wildman–Crippen LogP) is 1.64. The molecular weight excluding hydrogens is 226 g/mol. The molecule has 0 heterocycles. The Hall–Kier alpha value is -0.610. The first-order chi connectivity index (χ1) is 8.43. The molecule has 0 radical (unpaired) electrons. The molecule has 0 fully saturated rings. The van der Waals surface area contributed by atoms with Crippen LogP contribution in [0.2, 0.25) is 0 Å². The summed E-state index contributed by atoms with van der Waals surface area (Å²) in [5.41, 5.74) is 5.84. The van der Waals surface area contributed by atoms with Crippen molar-refractivity contribution in [3.63, 3.8) is 0 Å². The second-order valence-corrected chi connectivity index (χ2v) is 5.68. The van der Waals surface area contributed by atoms with Crippen molar-refractivity contribution in [1.29, 1.82) is 0 Å². The number of carbonyl (C=O) groups excluding carboxylic acids is 1. The molecule has 0 unspecified atom stereocenters. The summed E-state index contributed by atoms with van der Waals surface area (Å²) < 4.78 is 0.